The largest absolute Gasteiger partial charge is 0.480 e. The van der Waals surface area contributed by atoms with E-state index in [2.05, 4.69) is 0 Å². The summed E-state index contributed by atoms with van der Waals surface area (Å²) in [7, 11) is 0. The molecular weight excluding hydrogens is 262 g/mol. The van der Waals surface area contributed by atoms with Crippen LogP contribution in [0.3, 0.4) is 0 Å². The average Bonchev–Trinajstić information content (AvgIpc) is 2.84. The lowest BCUT2D eigenvalue weighted by molar-refractivity contribution is -0.145. The first kappa shape index (κ1) is 12.6. The molecule has 1 atom stereocenters. The maximum atomic E-state index is 11.7. The number of carboxylic acid groups (broad SMARTS) is 1. The predicted molar refractivity (Wildman–Crippen MR) is 74.6 cm³/mol. The zero-order valence-corrected chi connectivity index (χ0v) is 11.2. The molecule has 3 rings (SSSR count). The molecule has 2 aromatic rings. The third-order valence-electron chi connectivity index (χ3n) is 3.45. The van der Waals surface area contributed by atoms with Gasteiger partial charge in [-0.25, -0.2) is 0 Å². The Bertz CT molecular complexity index is 589. The summed E-state index contributed by atoms with van der Waals surface area (Å²) in [5.41, 5.74) is 0.898. The fraction of sp³-hybridized carbons (Fsp3) is 0.357. The number of morpholine rings is 1. The van der Waals surface area contributed by atoms with Crippen LogP contribution in [0, 0.1) is 0 Å². The molecule has 4 nitrogen and oxygen atoms in total. The van der Waals surface area contributed by atoms with Gasteiger partial charge in [-0.05, 0) is 22.4 Å². The molecule has 1 aliphatic rings. The third kappa shape index (κ3) is 2.36. The van der Waals surface area contributed by atoms with Gasteiger partial charge >= 0.3 is 5.97 Å². The molecule has 0 bridgehead atoms. The molecule has 0 amide bonds. The fourth-order valence-electron chi connectivity index (χ4n) is 2.53. The zero-order valence-electron chi connectivity index (χ0n) is 10.4. The van der Waals surface area contributed by atoms with Crippen molar-refractivity contribution in [2.75, 3.05) is 26.3 Å². The normalized spacial score (nSPS) is 18.5. The topological polar surface area (TPSA) is 49.8 Å². The minimum absolute atomic E-state index is 0.569. The summed E-state index contributed by atoms with van der Waals surface area (Å²) < 4.78 is 6.44. The number of benzene rings is 1. The molecule has 1 aliphatic heterocycles. The molecule has 5 heteroatoms. The first-order valence-corrected chi connectivity index (χ1v) is 7.16. The van der Waals surface area contributed by atoms with Crippen molar-refractivity contribution in [2.24, 2.45) is 0 Å². The number of aliphatic carboxylic acids is 1. The van der Waals surface area contributed by atoms with Crippen molar-refractivity contribution < 1.29 is 14.6 Å². The van der Waals surface area contributed by atoms with E-state index in [0.29, 0.717) is 26.3 Å². The number of carbonyl (C=O) groups is 1. The van der Waals surface area contributed by atoms with Crippen LogP contribution in [0.25, 0.3) is 10.1 Å². The number of nitrogens with zero attached hydrogens (tertiary/aromatic N) is 1. The Morgan fingerprint density at radius 1 is 1.32 bits per heavy atom. The molecule has 19 heavy (non-hydrogen) atoms. The average molecular weight is 277 g/mol. The van der Waals surface area contributed by atoms with Crippen LogP contribution in [0.5, 0.6) is 0 Å². The van der Waals surface area contributed by atoms with Crippen molar-refractivity contribution >= 4 is 27.4 Å². The summed E-state index contributed by atoms with van der Waals surface area (Å²) >= 11 is 1.60. The Morgan fingerprint density at radius 3 is 2.79 bits per heavy atom. The molecule has 1 fully saturated rings. The molecule has 0 spiro atoms. The lowest BCUT2D eigenvalue weighted by Crippen LogP contribution is -2.42. The fourth-order valence-corrected chi connectivity index (χ4v) is 3.51. The molecule has 1 aromatic carbocycles. The molecule has 1 N–H and O–H groups in total. The van der Waals surface area contributed by atoms with Crippen LogP contribution in [0.2, 0.25) is 0 Å². The summed E-state index contributed by atoms with van der Waals surface area (Å²) in [5, 5.41) is 12.6. The van der Waals surface area contributed by atoms with Crippen molar-refractivity contribution in [2.45, 2.75) is 6.04 Å². The monoisotopic (exact) mass is 277 g/mol. The Morgan fingerprint density at radius 2 is 2.05 bits per heavy atom. The van der Waals surface area contributed by atoms with E-state index in [1.54, 1.807) is 11.3 Å². The lowest BCUT2D eigenvalue weighted by Gasteiger charge is -2.31. The summed E-state index contributed by atoms with van der Waals surface area (Å²) in [6, 6.07) is 7.39. The molecule has 1 saturated heterocycles. The first-order valence-electron chi connectivity index (χ1n) is 6.28. The number of hydrogen-bond donors (Lipinski definition) is 1. The van der Waals surface area contributed by atoms with Crippen molar-refractivity contribution in [3.63, 3.8) is 0 Å². The van der Waals surface area contributed by atoms with Gasteiger partial charge in [0, 0.05) is 17.8 Å². The van der Waals surface area contributed by atoms with Gasteiger partial charge in [0.1, 0.15) is 6.04 Å². The number of carboxylic acids is 1. The van der Waals surface area contributed by atoms with Gasteiger partial charge in [-0.2, -0.15) is 0 Å². The molecule has 2 heterocycles. The van der Waals surface area contributed by atoms with Crippen molar-refractivity contribution in [1.82, 2.24) is 4.90 Å². The zero-order chi connectivity index (χ0) is 13.2. The SMILES string of the molecule is O=C(O)[C@H](c1csc2ccccc12)N1CCOCC1. The molecule has 100 valence electrons. The minimum atomic E-state index is -0.787. The Hall–Kier alpha value is -1.43. The standard InChI is InChI=1S/C14H15NO3S/c16-14(17)13(15-5-7-18-8-6-15)11-9-19-12-4-2-1-3-10(11)12/h1-4,9,13H,5-8H2,(H,16,17)/t13-/m0/s1. The van der Waals surface area contributed by atoms with Crippen LogP contribution < -0.4 is 0 Å². The van der Waals surface area contributed by atoms with Gasteiger partial charge in [-0.15, -0.1) is 11.3 Å². The lowest BCUT2D eigenvalue weighted by atomic mass is 10.0. The van der Waals surface area contributed by atoms with Crippen LogP contribution in [0.4, 0.5) is 0 Å². The van der Waals surface area contributed by atoms with E-state index in [-0.39, 0.29) is 0 Å². The maximum absolute atomic E-state index is 11.7. The van der Waals surface area contributed by atoms with Crippen molar-refractivity contribution in [3.05, 3.63) is 35.2 Å². The molecule has 0 unspecified atom stereocenters. The summed E-state index contributed by atoms with van der Waals surface area (Å²) in [6.45, 7) is 2.54. The van der Waals surface area contributed by atoms with Gasteiger partial charge in [0.05, 0.1) is 13.2 Å². The predicted octanol–water partition coefficient (Wildman–Crippen LogP) is 2.36. The van der Waals surface area contributed by atoms with Crippen LogP contribution in [0.1, 0.15) is 11.6 Å². The second-order valence-electron chi connectivity index (χ2n) is 4.58. The quantitative estimate of drug-likeness (QED) is 0.935. The summed E-state index contributed by atoms with van der Waals surface area (Å²) in [5.74, 6) is -0.787. The second kappa shape index (κ2) is 5.28. The van der Waals surface area contributed by atoms with Crippen LogP contribution >= 0.6 is 11.3 Å². The van der Waals surface area contributed by atoms with Crippen molar-refractivity contribution in [1.29, 1.82) is 0 Å². The molecule has 0 aliphatic carbocycles. The minimum Gasteiger partial charge on any atom is -0.480 e. The number of hydrogen-bond acceptors (Lipinski definition) is 4. The molecule has 0 saturated carbocycles. The Balaban J connectivity index is 2.01. The highest BCUT2D eigenvalue weighted by Gasteiger charge is 2.30. The van der Waals surface area contributed by atoms with E-state index in [1.807, 2.05) is 34.5 Å². The van der Waals surface area contributed by atoms with Crippen LogP contribution in [-0.2, 0) is 9.53 Å². The van der Waals surface area contributed by atoms with Gasteiger partial charge in [-0.1, -0.05) is 18.2 Å². The van der Waals surface area contributed by atoms with E-state index >= 15 is 0 Å². The number of rotatable bonds is 3. The van der Waals surface area contributed by atoms with Gasteiger partial charge in [0.25, 0.3) is 0 Å². The van der Waals surface area contributed by atoms with E-state index in [4.69, 9.17) is 4.74 Å². The molecule has 1 aromatic heterocycles. The smallest absolute Gasteiger partial charge is 0.325 e. The van der Waals surface area contributed by atoms with E-state index in [0.717, 1.165) is 15.6 Å². The van der Waals surface area contributed by atoms with Crippen LogP contribution in [0.15, 0.2) is 29.6 Å². The van der Waals surface area contributed by atoms with Gasteiger partial charge in [0.15, 0.2) is 0 Å². The van der Waals surface area contributed by atoms with Gasteiger partial charge < -0.3 is 9.84 Å². The van der Waals surface area contributed by atoms with Gasteiger partial charge in [-0.3, -0.25) is 9.69 Å². The number of ether oxygens (including phenoxy) is 1. The molecular formula is C14H15NO3S. The van der Waals surface area contributed by atoms with E-state index in [1.165, 1.54) is 0 Å². The highest BCUT2D eigenvalue weighted by molar-refractivity contribution is 7.17. The summed E-state index contributed by atoms with van der Waals surface area (Å²) in [6.07, 6.45) is 0. The summed E-state index contributed by atoms with van der Waals surface area (Å²) in [4.78, 5) is 13.6. The van der Waals surface area contributed by atoms with E-state index < -0.39 is 12.0 Å². The number of thiophene rings is 1. The highest BCUT2D eigenvalue weighted by atomic mass is 32.1. The van der Waals surface area contributed by atoms with Crippen molar-refractivity contribution in [3.8, 4) is 0 Å². The number of fused-ring (bicyclic) bond motifs is 1. The Kier molecular flexibility index (Phi) is 3.50. The first-order chi connectivity index (χ1) is 9.27. The molecule has 0 radical (unpaired) electrons. The van der Waals surface area contributed by atoms with Crippen LogP contribution in [-0.4, -0.2) is 42.3 Å². The van der Waals surface area contributed by atoms with Gasteiger partial charge in [0.2, 0.25) is 0 Å². The third-order valence-corrected chi connectivity index (χ3v) is 4.43. The van der Waals surface area contributed by atoms with E-state index in [9.17, 15) is 9.90 Å². The highest BCUT2D eigenvalue weighted by Crippen LogP contribution is 2.33. The maximum Gasteiger partial charge on any atom is 0.325 e. The second-order valence-corrected chi connectivity index (χ2v) is 5.49. The Labute approximate surface area is 115 Å².